The second kappa shape index (κ2) is 20.2. The van der Waals surface area contributed by atoms with Gasteiger partial charge in [-0.1, -0.05) is 0 Å². The molecule has 0 aliphatic heterocycles. The Balaban J connectivity index is 0.000000369. The van der Waals surface area contributed by atoms with Crippen molar-refractivity contribution in [1.82, 2.24) is 0 Å². The molecule has 0 radical (unpaired) electrons. The molecule has 0 aliphatic rings. The van der Waals surface area contributed by atoms with Crippen LogP contribution in [0, 0.1) is 12.1 Å². The minimum absolute atomic E-state index is 0. The average Bonchev–Trinajstić information content (AvgIpc) is 3.50. The summed E-state index contributed by atoms with van der Waals surface area (Å²) in [5, 5.41) is 0. The van der Waals surface area contributed by atoms with Crippen molar-refractivity contribution in [3.63, 3.8) is 0 Å². The zero-order chi connectivity index (χ0) is 20.1. The molecule has 0 unspecified atom stereocenters. The van der Waals surface area contributed by atoms with Crippen LogP contribution in [0.2, 0.25) is 0 Å². The van der Waals surface area contributed by atoms with Crippen LogP contribution in [-0.2, 0) is 21.7 Å². The molecule has 0 bridgehead atoms. The van der Waals surface area contributed by atoms with E-state index in [9.17, 15) is 0 Å². The van der Waals surface area contributed by atoms with Crippen molar-refractivity contribution >= 4 is 0 Å². The van der Waals surface area contributed by atoms with E-state index in [-0.39, 0.29) is 21.7 Å². The molecular formula is C26H28O2Ti. The molecule has 0 aromatic heterocycles. The predicted octanol–water partition coefficient (Wildman–Crippen LogP) is 6.58. The van der Waals surface area contributed by atoms with E-state index in [0.717, 1.165) is 24.7 Å². The normalized spacial score (nSPS) is 8.34. The third-order valence-corrected chi connectivity index (χ3v) is 3.11. The zero-order valence-electron chi connectivity index (χ0n) is 17.1. The Bertz CT molecular complexity index is 634. The average molecular weight is 420 g/mol. The maximum Gasteiger partial charge on any atom is 4.00 e. The quantitative estimate of drug-likeness (QED) is 0.274. The molecule has 4 aromatic carbocycles. The largest absolute Gasteiger partial charge is 4.00 e. The van der Waals surface area contributed by atoms with Gasteiger partial charge in [0, 0.05) is 11.5 Å². The Morgan fingerprint density at radius 3 is 1.14 bits per heavy atom. The van der Waals surface area contributed by atoms with Gasteiger partial charge in [0.1, 0.15) is 0 Å². The van der Waals surface area contributed by atoms with Crippen LogP contribution in [0.1, 0.15) is 13.8 Å². The number of benzene rings is 2. The minimum Gasteiger partial charge on any atom is -0.519 e. The van der Waals surface area contributed by atoms with Gasteiger partial charge in [-0.05, 0) is 13.8 Å². The first-order valence-electron chi connectivity index (χ1n) is 9.38. The standard InChI is InChI=1S/2C8H9O.2C5H5.Ti/c2*1-2-9-8-6-4-3-5-7-8;2*1-2-4-5-3-1;/h2*4-7H,2H2,1H3;2*1-5H;/q4*-1;+4. The van der Waals surface area contributed by atoms with Crippen molar-refractivity contribution in [3.8, 4) is 11.5 Å². The van der Waals surface area contributed by atoms with Crippen molar-refractivity contribution in [2.24, 2.45) is 0 Å². The molecule has 0 aliphatic carbocycles. The van der Waals surface area contributed by atoms with E-state index in [2.05, 4.69) is 12.1 Å². The van der Waals surface area contributed by atoms with E-state index in [0.29, 0.717) is 0 Å². The van der Waals surface area contributed by atoms with Gasteiger partial charge < -0.3 is 9.47 Å². The van der Waals surface area contributed by atoms with Gasteiger partial charge in [0.15, 0.2) is 0 Å². The second-order valence-electron chi connectivity index (χ2n) is 5.26. The van der Waals surface area contributed by atoms with Crippen molar-refractivity contribution in [2.75, 3.05) is 13.2 Å². The van der Waals surface area contributed by atoms with Gasteiger partial charge in [-0.25, -0.2) is 24.3 Å². The SMILES string of the molecule is CCOc1cc[c-]cc1.CCOc1cc[c-]cc1.[Ti+4].c1cc[cH-]c1.c1cc[cH-]c1. The fraction of sp³-hybridized carbons (Fsp3) is 0.154. The molecule has 0 atom stereocenters. The molecule has 3 heteroatoms. The predicted molar refractivity (Wildman–Crippen MR) is 117 cm³/mol. The first-order chi connectivity index (χ1) is 13.9. The molecule has 2 nitrogen and oxygen atoms in total. The molecular weight excluding hydrogens is 392 g/mol. The maximum absolute atomic E-state index is 5.19. The molecule has 0 fully saturated rings. The van der Waals surface area contributed by atoms with Gasteiger partial charge in [-0.3, -0.25) is 0 Å². The maximum atomic E-state index is 5.19. The van der Waals surface area contributed by atoms with E-state index >= 15 is 0 Å². The van der Waals surface area contributed by atoms with Crippen molar-refractivity contribution < 1.29 is 31.2 Å². The molecule has 0 spiro atoms. The van der Waals surface area contributed by atoms with Crippen molar-refractivity contribution in [3.05, 3.63) is 121 Å². The van der Waals surface area contributed by atoms with E-state index < -0.39 is 0 Å². The van der Waals surface area contributed by atoms with Crippen LogP contribution in [-0.4, -0.2) is 13.2 Å². The van der Waals surface area contributed by atoms with Crippen molar-refractivity contribution in [2.45, 2.75) is 13.8 Å². The molecule has 0 heterocycles. The minimum atomic E-state index is 0. The molecule has 4 aromatic rings. The summed E-state index contributed by atoms with van der Waals surface area (Å²) in [7, 11) is 0. The van der Waals surface area contributed by atoms with E-state index in [1.165, 1.54) is 0 Å². The second-order valence-corrected chi connectivity index (χ2v) is 5.26. The first kappa shape index (κ1) is 26.5. The van der Waals surface area contributed by atoms with Crippen LogP contribution in [0.25, 0.3) is 0 Å². The summed E-state index contributed by atoms with van der Waals surface area (Å²) < 4.78 is 10.4. The molecule has 0 saturated carbocycles. The van der Waals surface area contributed by atoms with Crippen LogP contribution in [0.3, 0.4) is 0 Å². The molecule has 0 amide bonds. The smallest absolute Gasteiger partial charge is 0.519 e. The van der Waals surface area contributed by atoms with Gasteiger partial charge in [0.25, 0.3) is 0 Å². The van der Waals surface area contributed by atoms with E-state index in [4.69, 9.17) is 9.47 Å². The van der Waals surface area contributed by atoms with Gasteiger partial charge in [-0.15, -0.1) is 24.3 Å². The molecule has 0 N–H and O–H groups in total. The first-order valence-corrected chi connectivity index (χ1v) is 9.38. The van der Waals surface area contributed by atoms with Crippen LogP contribution < -0.4 is 9.47 Å². The molecule has 148 valence electrons. The van der Waals surface area contributed by atoms with Gasteiger partial charge in [0.05, 0.1) is 13.2 Å². The number of ether oxygens (including phenoxy) is 2. The summed E-state index contributed by atoms with van der Waals surface area (Å²) in [6, 6.07) is 40.7. The third-order valence-electron chi connectivity index (χ3n) is 3.11. The fourth-order valence-corrected chi connectivity index (χ4v) is 1.91. The van der Waals surface area contributed by atoms with E-state index in [1.807, 2.05) is 123 Å². The molecule has 4 rings (SSSR count). The fourth-order valence-electron chi connectivity index (χ4n) is 1.91. The zero-order valence-corrected chi connectivity index (χ0v) is 18.7. The van der Waals surface area contributed by atoms with E-state index in [1.54, 1.807) is 0 Å². The summed E-state index contributed by atoms with van der Waals surface area (Å²) >= 11 is 0. The Hall–Kier alpha value is -2.55. The third kappa shape index (κ3) is 16.1. The van der Waals surface area contributed by atoms with Gasteiger partial charge >= 0.3 is 21.7 Å². The van der Waals surface area contributed by atoms with Gasteiger partial charge in [-0.2, -0.15) is 72.8 Å². The number of hydrogen-bond donors (Lipinski definition) is 0. The van der Waals surface area contributed by atoms with Crippen LogP contribution >= 0.6 is 0 Å². The Labute approximate surface area is 190 Å². The summed E-state index contributed by atoms with van der Waals surface area (Å²) in [5.41, 5.74) is 0. The van der Waals surface area contributed by atoms with Crippen LogP contribution in [0.4, 0.5) is 0 Å². The number of rotatable bonds is 4. The van der Waals surface area contributed by atoms with Gasteiger partial charge in [0.2, 0.25) is 0 Å². The Morgan fingerprint density at radius 2 is 0.931 bits per heavy atom. The Kier molecular flexibility index (Phi) is 18.4. The summed E-state index contributed by atoms with van der Waals surface area (Å²) in [6.07, 6.45) is 0. The van der Waals surface area contributed by atoms with Crippen LogP contribution in [0.15, 0.2) is 109 Å². The summed E-state index contributed by atoms with van der Waals surface area (Å²) in [6.45, 7) is 5.39. The van der Waals surface area contributed by atoms with Crippen molar-refractivity contribution in [1.29, 1.82) is 0 Å². The monoisotopic (exact) mass is 420 g/mol. The molecule has 29 heavy (non-hydrogen) atoms. The molecule has 0 saturated heterocycles. The van der Waals surface area contributed by atoms with Crippen LogP contribution in [0.5, 0.6) is 11.5 Å². The number of hydrogen-bond acceptors (Lipinski definition) is 2. The summed E-state index contributed by atoms with van der Waals surface area (Å²) in [4.78, 5) is 0. The summed E-state index contributed by atoms with van der Waals surface area (Å²) in [5.74, 6) is 1.83. The Morgan fingerprint density at radius 1 is 0.621 bits per heavy atom. The topological polar surface area (TPSA) is 18.5 Å².